The first kappa shape index (κ1) is 96.2. The second-order valence-corrected chi connectivity index (χ2v) is 29.5. The summed E-state index contributed by atoms with van der Waals surface area (Å²) in [6.45, 7) is 4.73. The van der Waals surface area contributed by atoms with E-state index < -0.39 is 97.5 Å². The van der Waals surface area contributed by atoms with E-state index in [0.29, 0.717) is 25.7 Å². The molecule has 0 aliphatic heterocycles. The van der Waals surface area contributed by atoms with Gasteiger partial charge in [-0.2, -0.15) is 0 Å². The Morgan fingerprint density at radius 3 is 0.830 bits per heavy atom. The predicted molar refractivity (Wildman–Crippen MR) is 409 cm³/mol. The topological polar surface area (TPSA) is 237 Å². The van der Waals surface area contributed by atoms with E-state index >= 15 is 0 Å². The van der Waals surface area contributed by atoms with Crippen molar-refractivity contribution in [3.05, 3.63) is 85.1 Å². The van der Waals surface area contributed by atoms with Crippen LogP contribution in [0.1, 0.15) is 349 Å². The van der Waals surface area contributed by atoms with Crippen LogP contribution in [0.2, 0.25) is 0 Å². The van der Waals surface area contributed by atoms with E-state index in [1.165, 1.54) is 122 Å². The van der Waals surface area contributed by atoms with Gasteiger partial charge in [0.25, 0.3) is 0 Å². The van der Waals surface area contributed by atoms with Gasteiger partial charge in [-0.05, 0) is 103 Å². The van der Waals surface area contributed by atoms with Crippen LogP contribution in [-0.2, 0) is 65.4 Å². The van der Waals surface area contributed by atoms with Crippen molar-refractivity contribution in [1.82, 2.24) is 0 Å². The van der Waals surface area contributed by atoms with E-state index in [1.807, 2.05) is 0 Å². The minimum atomic E-state index is -4.98. The van der Waals surface area contributed by atoms with E-state index in [2.05, 4.69) is 113 Å². The molecule has 19 heteroatoms. The van der Waals surface area contributed by atoms with Crippen molar-refractivity contribution in [2.24, 2.45) is 0 Å². The van der Waals surface area contributed by atoms with Crippen molar-refractivity contribution in [1.29, 1.82) is 0 Å². The number of aliphatic hydroxyl groups excluding tert-OH is 1. The Kier molecular flexibility index (Phi) is 70.8. The van der Waals surface area contributed by atoms with E-state index in [0.717, 1.165) is 148 Å². The van der Waals surface area contributed by atoms with Gasteiger partial charge in [-0.25, -0.2) is 9.13 Å². The highest BCUT2D eigenvalue weighted by Crippen LogP contribution is 2.45. The van der Waals surface area contributed by atoms with Crippen LogP contribution in [0.15, 0.2) is 85.1 Å². The first-order valence-electron chi connectivity index (χ1n) is 39.8. The van der Waals surface area contributed by atoms with Crippen LogP contribution in [0.5, 0.6) is 0 Å². The summed E-state index contributed by atoms with van der Waals surface area (Å²) in [4.78, 5) is 72.9. The highest BCUT2D eigenvalue weighted by Gasteiger charge is 2.30. The molecule has 0 aromatic heterocycles. The fourth-order valence-electron chi connectivity index (χ4n) is 10.8. The number of unbranched alkanes of at least 4 members (excludes halogenated alkanes) is 35. The average Bonchev–Trinajstić information content (AvgIpc) is 0.935. The number of ether oxygens (including phenoxy) is 4. The van der Waals surface area contributed by atoms with E-state index in [4.69, 9.17) is 37.0 Å². The fraction of sp³-hybridized carbons (Fsp3) is 0.778. The number of phosphoric acid groups is 2. The molecule has 0 fully saturated rings. The molecule has 0 spiro atoms. The van der Waals surface area contributed by atoms with Gasteiger partial charge < -0.3 is 33.8 Å². The van der Waals surface area contributed by atoms with Gasteiger partial charge in [-0.1, -0.05) is 305 Å². The fourth-order valence-corrected chi connectivity index (χ4v) is 12.4. The number of hydrogen-bond acceptors (Lipinski definition) is 15. The Labute approximate surface area is 608 Å². The lowest BCUT2D eigenvalue weighted by molar-refractivity contribution is -0.161. The Morgan fingerprint density at radius 1 is 0.290 bits per heavy atom. The van der Waals surface area contributed by atoms with Crippen molar-refractivity contribution in [3.8, 4) is 0 Å². The molecular formula is C81H144O17P2. The van der Waals surface area contributed by atoms with Crippen molar-refractivity contribution in [2.75, 3.05) is 39.6 Å². The third-order valence-corrected chi connectivity index (χ3v) is 18.8. The molecule has 0 aliphatic carbocycles. The summed E-state index contributed by atoms with van der Waals surface area (Å²) in [5.74, 6) is -2.20. The number of carbonyl (C=O) groups excluding carboxylic acids is 4. The molecule has 5 unspecified atom stereocenters. The molecule has 17 nitrogen and oxygen atoms in total. The van der Waals surface area contributed by atoms with Crippen LogP contribution < -0.4 is 0 Å². The molecule has 0 aromatic carbocycles. The van der Waals surface area contributed by atoms with Crippen molar-refractivity contribution >= 4 is 39.5 Å². The van der Waals surface area contributed by atoms with Gasteiger partial charge in [0.05, 0.1) is 26.4 Å². The molecule has 100 heavy (non-hydrogen) atoms. The lowest BCUT2D eigenvalue weighted by Crippen LogP contribution is -2.30. The first-order chi connectivity index (χ1) is 48.7. The molecule has 580 valence electrons. The van der Waals surface area contributed by atoms with Crippen LogP contribution >= 0.6 is 15.6 Å². The Bertz CT molecular complexity index is 2230. The van der Waals surface area contributed by atoms with Crippen molar-refractivity contribution in [2.45, 2.75) is 367 Å². The van der Waals surface area contributed by atoms with E-state index in [-0.39, 0.29) is 25.7 Å². The molecule has 0 bridgehead atoms. The summed E-state index contributed by atoms with van der Waals surface area (Å²) in [6, 6.07) is 0. The normalized spacial score (nSPS) is 14.3. The van der Waals surface area contributed by atoms with Crippen molar-refractivity contribution in [3.63, 3.8) is 0 Å². The monoisotopic (exact) mass is 1450 g/mol. The number of rotatable bonds is 75. The molecule has 0 saturated carbocycles. The second-order valence-electron chi connectivity index (χ2n) is 26.6. The Hall–Kier alpha value is -3.76. The number of carbonyl (C=O) groups is 4. The lowest BCUT2D eigenvalue weighted by atomic mass is 10.0. The highest BCUT2D eigenvalue weighted by atomic mass is 31.2. The predicted octanol–water partition coefficient (Wildman–Crippen LogP) is 23.0. The van der Waals surface area contributed by atoms with Gasteiger partial charge in [0.2, 0.25) is 0 Å². The molecule has 0 aliphatic rings. The van der Waals surface area contributed by atoms with Gasteiger partial charge in [0.15, 0.2) is 12.2 Å². The third kappa shape index (κ3) is 72.6. The summed E-state index contributed by atoms with van der Waals surface area (Å²) in [7, 11) is -9.95. The van der Waals surface area contributed by atoms with Crippen LogP contribution in [0.25, 0.3) is 0 Å². The number of hydrogen-bond donors (Lipinski definition) is 3. The quantitative estimate of drug-likeness (QED) is 0.0169. The summed E-state index contributed by atoms with van der Waals surface area (Å²) in [5, 5.41) is 10.6. The van der Waals surface area contributed by atoms with Crippen LogP contribution in [0.3, 0.4) is 0 Å². The van der Waals surface area contributed by atoms with Crippen LogP contribution in [0, 0.1) is 0 Å². The zero-order chi connectivity index (χ0) is 73.2. The molecule has 0 saturated heterocycles. The average molecular weight is 1450 g/mol. The minimum absolute atomic E-state index is 0.0913. The number of phosphoric ester groups is 2. The van der Waals surface area contributed by atoms with Gasteiger partial charge in [-0.15, -0.1) is 0 Å². The maximum Gasteiger partial charge on any atom is 0.472 e. The molecule has 0 radical (unpaired) electrons. The second kappa shape index (κ2) is 73.5. The molecule has 3 N–H and O–H groups in total. The third-order valence-electron chi connectivity index (χ3n) is 16.9. The SMILES string of the molecule is CC/C=C\C/C=C\C/C=C\C/C=C\C/C=C\CCCCCC(=O)OCC(COP(=O)(O)OCC(O)COP(=O)(O)OCC(COC(=O)CCCCCCC/C=C\C/C=C\CCCCC)OC(=O)CCCCCCCCCCCCCCC)OC(=O)CCCCCCCCCCCCCCC. The van der Waals surface area contributed by atoms with Gasteiger partial charge in [-0.3, -0.25) is 37.3 Å². The summed E-state index contributed by atoms with van der Waals surface area (Å²) in [6.07, 6.45) is 75.6. The largest absolute Gasteiger partial charge is 0.472 e. The molecule has 0 amide bonds. The lowest BCUT2D eigenvalue weighted by Gasteiger charge is -2.21. The molecule has 5 atom stereocenters. The smallest absolute Gasteiger partial charge is 0.462 e. The molecule has 0 aromatic rings. The summed E-state index contributed by atoms with van der Waals surface area (Å²) < 4.78 is 68.5. The Balaban J connectivity index is 5.34. The Morgan fingerprint density at radius 2 is 0.520 bits per heavy atom. The zero-order valence-corrected chi connectivity index (χ0v) is 65.2. The molecular weight excluding hydrogens is 1310 g/mol. The van der Waals surface area contributed by atoms with Crippen LogP contribution in [-0.4, -0.2) is 96.7 Å². The minimum Gasteiger partial charge on any atom is -0.462 e. The number of aliphatic hydroxyl groups is 1. The molecule has 0 rings (SSSR count). The van der Waals surface area contributed by atoms with Gasteiger partial charge in [0, 0.05) is 25.7 Å². The number of esters is 4. The molecule has 0 heterocycles. The first-order valence-corrected chi connectivity index (χ1v) is 42.8. The van der Waals surface area contributed by atoms with Crippen LogP contribution in [0.4, 0.5) is 0 Å². The van der Waals surface area contributed by atoms with E-state index in [9.17, 15) is 43.2 Å². The van der Waals surface area contributed by atoms with Gasteiger partial charge in [0.1, 0.15) is 19.3 Å². The summed E-state index contributed by atoms with van der Waals surface area (Å²) >= 11 is 0. The zero-order valence-electron chi connectivity index (χ0n) is 63.4. The maximum absolute atomic E-state index is 13.1. The van der Waals surface area contributed by atoms with Crippen molar-refractivity contribution < 1.29 is 80.2 Å². The number of allylic oxidation sites excluding steroid dienone is 14. The summed E-state index contributed by atoms with van der Waals surface area (Å²) in [5.41, 5.74) is 0. The standard InChI is InChI=1S/C81H144O17P2/c1-5-9-13-17-21-25-29-33-35-36-37-38-40-44-46-50-54-58-62-66-79(84)92-72-77(98-81(86)68-64-60-56-52-48-42-32-28-24-20-16-12-8-4)74-96-100(89,90)94-70-75(82)69-93-99(87,88)95-73-76(97-80(85)67-63-59-55-51-47-41-31-27-23-19-15-11-7-3)71-91-78(83)65-61-57-53-49-45-43-39-34-30-26-22-18-14-10-6-2/h9,13,21-22,25-26,33-35,37-39,44,46,75-77,82H,5-8,10-12,14-20,23-24,27-32,36,40-43,45,47-74H2,1-4H3,(H,87,88)(H,89,90)/b13-9-,25-21-,26-22-,35-33-,38-37-,39-34-,46-44-. The maximum atomic E-state index is 13.1. The van der Waals surface area contributed by atoms with Gasteiger partial charge >= 0.3 is 39.5 Å². The van der Waals surface area contributed by atoms with E-state index in [1.54, 1.807) is 0 Å². The highest BCUT2D eigenvalue weighted by molar-refractivity contribution is 7.47.